The second kappa shape index (κ2) is 21.7. The molecule has 0 aliphatic carbocycles. The number of carbonyl (C=O) groups is 1. The summed E-state index contributed by atoms with van der Waals surface area (Å²) in [6.07, 6.45) is 2.28. The predicted octanol–water partition coefficient (Wildman–Crippen LogP) is 4.49. The molecule has 0 aromatic heterocycles. The third-order valence-electron chi connectivity index (χ3n) is 5.73. The molecule has 14 heteroatoms. The molecule has 0 saturated heterocycles. The standard InChI is InChI=1S/C31H43F2NO10S/c1-4-11-38-13-15-40-17-19-42-20-18-41-16-14-39-12-10-34-45(36,37)27-8-6-26(7-9-27)44-30-28(32)22-25(23-29(30)33)21-24(3)31(35)43-5-2/h6-9,21-23,34H,4-5,10-20H2,1-3H3/b24-21+. The van der Waals surface area contributed by atoms with Crippen LogP contribution in [0.3, 0.4) is 0 Å². The molecule has 0 saturated carbocycles. The Balaban J connectivity index is 1.66. The summed E-state index contributed by atoms with van der Waals surface area (Å²) in [6.45, 7) is 9.72. The fraction of sp³-hybridized carbons (Fsp3) is 0.516. The van der Waals surface area contributed by atoms with E-state index in [9.17, 15) is 22.0 Å². The van der Waals surface area contributed by atoms with Crippen molar-refractivity contribution < 1.29 is 55.2 Å². The van der Waals surface area contributed by atoms with Gasteiger partial charge in [-0.05, 0) is 68.3 Å². The summed E-state index contributed by atoms with van der Waals surface area (Å²) in [7, 11) is -3.86. The van der Waals surface area contributed by atoms with E-state index in [0.29, 0.717) is 46.2 Å². The second-order valence-corrected chi connectivity index (χ2v) is 11.2. The van der Waals surface area contributed by atoms with Crippen LogP contribution in [-0.4, -0.2) is 93.6 Å². The van der Waals surface area contributed by atoms with Gasteiger partial charge in [-0.15, -0.1) is 0 Å². The summed E-state index contributed by atoms with van der Waals surface area (Å²) in [5, 5.41) is 0. The van der Waals surface area contributed by atoms with E-state index in [-0.39, 0.29) is 48.1 Å². The molecule has 0 atom stereocenters. The number of rotatable bonds is 24. The van der Waals surface area contributed by atoms with Crippen LogP contribution in [0.5, 0.6) is 11.5 Å². The van der Waals surface area contributed by atoms with Crippen molar-refractivity contribution in [2.24, 2.45) is 0 Å². The Labute approximate surface area is 263 Å². The lowest BCUT2D eigenvalue weighted by molar-refractivity contribution is -0.138. The van der Waals surface area contributed by atoms with Gasteiger partial charge in [0.05, 0.1) is 71.0 Å². The van der Waals surface area contributed by atoms with E-state index in [4.69, 9.17) is 33.2 Å². The number of sulfonamides is 1. The molecule has 1 N–H and O–H groups in total. The van der Waals surface area contributed by atoms with E-state index < -0.39 is 33.4 Å². The third kappa shape index (κ3) is 15.2. The molecule has 2 aromatic carbocycles. The van der Waals surface area contributed by atoms with Gasteiger partial charge >= 0.3 is 5.97 Å². The van der Waals surface area contributed by atoms with Crippen molar-refractivity contribution >= 4 is 22.1 Å². The molecule has 2 aromatic rings. The number of halogens is 2. The highest BCUT2D eigenvalue weighted by Crippen LogP contribution is 2.30. The van der Waals surface area contributed by atoms with Crippen molar-refractivity contribution in [1.82, 2.24) is 4.72 Å². The van der Waals surface area contributed by atoms with Crippen LogP contribution in [0.25, 0.3) is 6.08 Å². The normalized spacial score (nSPS) is 12.0. The fourth-order valence-corrected chi connectivity index (χ4v) is 4.59. The topological polar surface area (TPSA) is 128 Å². The molecular weight excluding hydrogens is 616 g/mol. The number of nitrogens with one attached hydrogen (secondary N) is 1. The molecule has 0 radical (unpaired) electrons. The van der Waals surface area contributed by atoms with Gasteiger partial charge in [-0.2, -0.15) is 0 Å². The zero-order valence-corrected chi connectivity index (χ0v) is 26.8. The number of hydrogen-bond acceptors (Lipinski definition) is 10. The SMILES string of the molecule is CCCOCCOCCOCCOCCOCCNS(=O)(=O)c1ccc(Oc2c(F)cc(/C=C(\C)C(=O)OCC)cc2F)cc1. The van der Waals surface area contributed by atoms with E-state index in [1.807, 2.05) is 6.92 Å². The van der Waals surface area contributed by atoms with Gasteiger partial charge in [-0.25, -0.2) is 26.7 Å². The first-order chi connectivity index (χ1) is 21.7. The summed E-state index contributed by atoms with van der Waals surface area (Å²) in [5.41, 5.74) is 0.285. The van der Waals surface area contributed by atoms with Gasteiger partial charge in [-0.1, -0.05) is 6.92 Å². The number of benzene rings is 2. The number of hydrogen-bond donors (Lipinski definition) is 1. The van der Waals surface area contributed by atoms with Gasteiger partial charge in [0.25, 0.3) is 0 Å². The Kier molecular flexibility index (Phi) is 18.4. The molecule has 0 aliphatic rings. The minimum absolute atomic E-state index is 0.0210. The smallest absolute Gasteiger partial charge is 0.333 e. The molecule has 2 rings (SSSR count). The Bertz CT molecular complexity index is 1270. The second-order valence-electron chi connectivity index (χ2n) is 9.39. The van der Waals surface area contributed by atoms with Crippen LogP contribution in [0, 0.1) is 11.6 Å². The average molecular weight is 660 g/mol. The maximum Gasteiger partial charge on any atom is 0.333 e. The van der Waals surface area contributed by atoms with Gasteiger partial charge in [0.1, 0.15) is 5.75 Å². The van der Waals surface area contributed by atoms with Gasteiger partial charge in [0.15, 0.2) is 17.4 Å². The minimum Gasteiger partial charge on any atom is -0.463 e. The zero-order valence-electron chi connectivity index (χ0n) is 26.0. The minimum atomic E-state index is -3.86. The molecule has 0 aliphatic heterocycles. The maximum absolute atomic E-state index is 14.6. The number of ether oxygens (including phenoxy) is 7. The van der Waals surface area contributed by atoms with E-state index >= 15 is 0 Å². The molecule has 0 heterocycles. The lowest BCUT2D eigenvalue weighted by Gasteiger charge is -2.11. The van der Waals surface area contributed by atoms with Crippen molar-refractivity contribution in [3.63, 3.8) is 0 Å². The van der Waals surface area contributed by atoms with Gasteiger partial charge < -0.3 is 33.2 Å². The summed E-state index contributed by atoms with van der Waals surface area (Å²) >= 11 is 0. The van der Waals surface area contributed by atoms with Gasteiger partial charge in [0.2, 0.25) is 10.0 Å². The van der Waals surface area contributed by atoms with Crippen molar-refractivity contribution in [2.45, 2.75) is 32.1 Å². The Hall–Kier alpha value is -2.98. The highest BCUT2D eigenvalue weighted by atomic mass is 32.2. The van der Waals surface area contributed by atoms with Crippen LogP contribution in [0.4, 0.5) is 8.78 Å². The molecule has 0 amide bonds. The van der Waals surface area contributed by atoms with E-state index in [1.165, 1.54) is 37.3 Å². The lowest BCUT2D eigenvalue weighted by Crippen LogP contribution is -2.27. The van der Waals surface area contributed by atoms with Crippen LogP contribution in [-0.2, 0) is 43.2 Å². The van der Waals surface area contributed by atoms with E-state index in [1.54, 1.807) is 6.92 Å². The predicted molar refractivity (Wildman–Crippen MR) is 163 cm³/mol. The number of carbonyl (C=O) groups excluding carboxylic acids is 1. The molecule has 0 fully saturated rings. The first kappa shape index (κ1) is 38.2. The van der Waals surface area contributed by atoms with Crippen molar-refractivity contribution in [1.29, 1.82) is 0 Å². The Morgan fingerprint density at radius 1 is 0.778 bits per heavy atom. The first-order valence-corrected chi connectivity index (χ1v) is 16.2. The van der Waals surface area contributed by atoms with Crippen molar-refractivity contribution in [2.75, 3.05) is 79.2 Å². The van der Waals surface area contributed by atoms with Gasteiger partial charge in [0, 0.05) is 18.7 Å². The molecular formula is C31H43F2NO10S. The Morgan fingerprint density at radius 3 is 1.76 bits per heavy atom. The third-order valence-corrected chi connectivity index (χ3v) is 7.21. The van der Waals surface area contributed by atoms with Crippen LogP contribution in [0.15, 0.2) is 46.9 Å². The Morgan fingerprint density at radius 2 is 1.27 bits per heavy atom. The molecule has 252 valence electrons. The lowest BCUT2D eigenvalue weighted by atomic mass is 10.1. The van der Waals surface area contributed by atoms with Crippen LogP contribution >= 0.6 is 0 Å². The van der Waals surface area contributed by atoms with Gasteiger partial charge in [-0.3, -0.25) is 0 Å². The van der Waals surface area contributed by atoms with E-state index in [2.05, 4.69) is 4.72 Å². The van der Waals surface area contributed by atoms with Crippen molar-refractivity contribution in [3.05, 3.63) is 59.2 Å². The number of esters is 1. The summed E-state index contributed by atoms with van der Waals surface area (Å²) in [6, 6.07) is 7.08. The van der Waals surface area contributed by atoms with Crippen LogP contribution in [0.2, 0.25) is 0 Å². The zero-order chi connectivity index (χ0) is 32.9. The fourth-order valence-electron chi connectivity index (χ4n) is 3.58. The maximum atomic E-state index is 14.6. The van der Waals surface area contributed by atoms with Crippen LogP contribution in [0.1, 0.15) is 32.8 Å². The van der Waals surface area contributed by atoms with Crippen molar-refractivity contribution in [3.8, 4) is 11.5 Å². The molecule has 0 bridgehead atoms. The largest absolute Gasteiger partial charge is 0.463 e. The highest BCUT2D eigenvalue weighted by molar-refractivity contribution is 7.89. The molecule has 0 spiro atoms. The van der Waals surface area contributed by atoms with E-state index in [0.717, 1.165) is 25.2 Å². The molecule has 0 unspecified atom stereocenters. The summed E-state index contributed by atoms with van der Waals surface area (Å²) in [5.74, 6) is -3.24. The molecule has 45 heavy (non-hydrogen) atoms. The van der Waals surface area contributed by atoms with Crippen LogP contribution < -0.4 is 9.46 Å². The summed E-state index contributed by atoms with van der Waals surface area (Å²) < 4.78 is 93.8. The summed E-state index contributed by atoms with van der Waals surface area (Å²) in [4.78, 5) is 11.7. The molecule has 11 nitrogen and oxygen atoms in total. The highest BCUT2D eigenvalue weighted by Gasteiger charge is 2.17. The quantitative estimate of drug-likeness (QED) is 0.0978. The monoisotopic (exact) mass is 659 g/mol. The average Bonchev–Trinajstić information content (AvgIpc) is 3.01. The first-order valence-electron chi connectivity index (χ1n) is 14.7.